The van der Waals surface area contributed by atoms with Gasteiger partial charge in [-0.05, 0) is 56.3 Å². The highest BCUT2D eigenvalue weighted by atomic mass is 16.2. The molecule has 2 aliphatic rings. The smallest absolute Gasteiger partial charge is 0.253 e. The van der Waals surface area contributed by atoms with Crippen LogP contribution >= 0.6 is 0 Å². The van der Waals surface area contributed by atoms with Gasteiger partial charge in [-0.1, -0.05) is 6.07 Å². The Morgan fingerprint density at radius 1 is 1.14 bits per heavy atom. The summed E-state index contributed by atoms with van der Waals surface area (Å²) in [5, 5.41) is 3.61. The first-order chi connectivity index (χ1) is 10.6. The van der Waals surface area contributed by atoms with E-state index >= 15 is 0 Å². The minimum Gasteiger partial charge on any atom is -0.366 e. The van der Waals surface area contributed by atoms with Crippen LogP contribution in [-0.2, 0) is 0 Å². The number of amides is 2. The Balaban J connectivity index is 1.54. The first-order valence-corrected chi connectivity index (χ1v) is 8.06. The van der Waals surface area contributed by atoms with Gasteiger partial charge in [0.05, 0.1) is 0 Å². The molecule has 0 atom stereocenters. The van der Waals surface area contributed by atoms with Gasteiger partial charge in [0.15, 0.2) is 0 Å². The molecule has 1 aromatic carbocycles. The lowest BCUT2D eigenvalue weighted by Crippen LogP contribution is -2.45. The predicted molar refractivity (Wildman–Crippen MR) is 84.6 cm³/mol. The third-order valence-electron chi connectivity index (χ3n) is 4.57. The number of piperidine rings is 1. The summed E-state index contributed by atoms with van der Waals surface area (Å²) in [6.45, 7) is 2.66. The van der Waals surface area contributed by atoms with E-state index in [1.807, 2.05) is 4.90 Å². The highest BCUT2D eigenvalue weighted by Crippen LogP contribution is 2.28. The Bertz CT molecular complexity index is 561. The summed E-state index contributed by atoms with van der Waals surface area (Å²) >= 11 is 0. The molecule has 118 valence electrons. The number of nitrogens with one attached hydrogen (secondary N) is 1. The van der Waals surface area contributed by atoms with Crippen LogP contribution in [0.25, 0.3) is 0 Å². The maximum absolute atomic E-state index is 12.5. The van der Waals surface area contributed by atoms with Gasteiger partial charge >= 0.3 is 0 Å². The number of rotatable bonds is 5. The Kier molecular flexibility index (Phi) is 4.43. The molecule has 1 aromatic rings. The Morgan fingerprint density at radius 2 is 1.82 bits per heavy atom. The van der Waals surface area contributed by atoms with E-state index in [4.69, 9.17) is 5.73 Å². The number of hydrogen-bond donors (Lipinski definition) is 2. The van der Waals surface area contributed by atoms with Crippen molar-refractivity contribution in [3.63, 3.8) is 0 Å². The Morgan fingerprint density at radius 3 is 2.45 bits per heavy atom. The minimum absolute atomic E-state index is 0.0104. The van der Waals surface area contributed by atoms with Crippen molar-refractivity contribution in [1.82, 2.24) is 10.2 Å². The zero-order valence-corrected chi connectivity index (χ0v) is 12.8. The molecule has 3 rings (SSSR count). The monoisotopic (exact) mass is 301 g/mol. The van der Waals surface area contributed by atoms with Gasteiger partial charge in [-0.3, -0.25) is 9.59 Å². The molecule has 3 N–H and O–H groups in total. The number of carbonyl (C=O) groups excluding carboxylic acids is 2. The molecule has 1 saturated carbocycles. The fourth-order valence-electron chi connectivity index (χ4n) is 2.93. The summed E-state index contributed by atoms with van der Waals surface area (Å²) in [4.78, 5) is 25.6. The Labute approximate surface area is 130 Å². The van der Waals surface area contributed by atoms with Gasteiger partial charge in [-0.2, -0.15) is 0 Å². The Hall–Kier alpha value is -1.88. The van der Waals surface area contributed by atoms with Crippen LogP contribution in [0.4, 0.5) is 0 Å². The molecular weight excluding hydrogens is 278 g/mol. The van der Waals surface area contributed by atoms with E-state index in [1.165, 1.54) is 12.8 Å². The van der Waals surface area contributed by atoms with Gasteiger partial charge in [0.25, 0.3) is 5.91 Å². The van der Waals surface area contributed by atoms with E-state index in [0.29, 0.717) is 17.2 Å². The van der Waals surface area contributed by atoms with E-state index in [2.05, 4.69) is 5.32 Å². The van der Waals surface area contributed by atoms with Crippen molar-refractivity contribution in [1.29, 1.82) is 0 Å². The standard InChI is InChI=1S/C17H23N3O2/c18-16(21)13-2-1-3-14(10-13)17(22)20-8-6-15(7-9-20)19-11-12-4-5-12/h1-3,10,12,15,19H,4-9,11H2,(H2,18,21). The number of benzene rings is 1. The van der Waals surface area contributed by atoms with Gasteiger partial charge in [0.2, 0.25) is 5.91 Å². The predicted octanol–water partition coefficient (Wildman–Crippen LogP) is 1.39. The number of hydrogen-bond acceptors (Lipinski definition) is 3. The van der Waals surface area contributed by atoms with Gasteiger partial charge in [0, 0.05) is 30.3 Å². The summed E-state index contributed by atoms with van der Waals surface area (Å²) in [5.41, 5.74) is 6.19. The first kappa shape index (κ1) is 15.0. The largest absolute Gasteiger partial charge is 0.366 e. The molecule has 5 nitrogen and oxygen atoms in total. The van der Waals surface area contributed by atoms with Crippen LogP contribution in [0.1, 0.15) is 46.4 Å². The SMILES string of the molecule is NC(=O)c1cccc(C(=O)N2CCC(NCC3CC3)CC2)c1. The molecule has 1 aliphatic carbocycles. The van der Waals surface area contributed by atoms with Crippen molar-refractivity contribution >= 4 is 11.8 Å². The van der Waals surface area contributed by atoms with E-state index in [9.17, 15) is 9.59 Å². The average molecular weight is 301 g/mol. The van der Waals surface area contributed by atoms with E-state index in [1.54, 1.807) is 24.3 Å². The molecule has 5 heteroatoms. The number of nitrogens with two attached hydrogens (primary N) is 1. The van der Waals surface area contributed by atoms with Gasteiger partial charge < -0.3 is 16.0 Å². The fraction of sp³-hybridized carbons (Fsp3) is 0.529. The van der Waals surface area contributed by atoms with E-state index in [-0.39, 0.29) is 5.91 Å². The van der Waals surface area contributed by atoms with Crippen molar-refractivity contribution in [3.05, 3.63) is 35.4 Å². The summed E-state index contributed by atoms with van der Waals surface area (Å²) < 4.78 is 0. The second kappa shape index (κ2) is 6.48. The van der Waals surface area contributed by atoms with Crippen LogP contribution in [0.3, 0.4) is 0 Å². The normalized spacial score (nSPS) is 19.2. The molecule has 22 heavy (non-hydrogen) atoms. The zero-order chi connectivity index (χ0) is 15.5. The van der Waals surface area contributed by atoms with Gasteiger partial charge in [0.1, 0.15) is 0 Å². The first-order valence-electron chi connectivity index (χ1n) is 8.06. The fourth-order valence-corrected chi connectivity index (χ4v) is 2.93. The highest BCUT2D eigenvalue weighted by molar-refractivity contribution is 5.99. The lowest BCUT2D eigenvalue weighted by atomic mass is 10.0. The van der Waals surface area contributed by atoms with Crippen LogP contribution in [0.2, 0.25) is 0 Å². The van der Waals surface area contributed by atoms with Gasteiger partial charge in [-0.25, -0.2) is 0 Å². The molecular formula is C17H23N3O2. The lowest BCUT2D eigenvalue weighted by molar-refractivity contribution is 0.0705. The molecule has 2 fully saturated rings. The molecule has 0 spiro atoms. The van der Waals surface area contributed by atoms with Crippen LogP contribution in [0, 0.1) is 5.92 Å². The van der Waals surface area contributed by atoms with E-state index in [0.717, 1.165) is 38.4 Å². The van der Waals surface area contributed by atoms with Crippen LogP contribution in [-0.4, -0.2) is 42.4 Å². The second-order valence-corrected chi connectivity index (χ2v) is 6.36. The topological polar surface area (TPSA) is 75.4 Å². The molecule has 2 amide bonds. The molecule has 0 unspecified atom stereocenters. The third kappa shape index (κ3) is 3.65. The lowest BCUT2D eigenvalue weighted by Gasteiger charge is -2.32. The van der Waals surface area contributed by atoms with Crippen molar-refractivity contribution < 1.29 is 9.59 Å². The molecule has 0 bridgehead atoms. The highest BCUT2D eigenvalue weighted by Gasteiger charge is 2.26. The molecule has 1 saturated heterocycles. The van der Waals surface area contributed by atoms with Crippen LogP contribution in [0.5, 0.6) is 0 Å². The maximum Gasteiger partial charge on any atom is 0.253 e. The third-order valence-corrected chi connectivity index (χ3v) is 4.57. The molecule has 1 heterocycles. The summed E-state index contributed by atoms with van der Waals surface area (Å²) in [6, 6.07) is 7.19. The van der Waals surface area contributed by atoms with Crippen LogP contribution in [0.15, 0.2) is 24.3 Å². The van der Waals surface area contributed by atoms with Gasteiger partial charge in [-0.15, -0.1) is 0 Å². The van der Waals surface area contributed by atoms with Crippen molar-refractivity contribution in [2.45, 2.75) is 31.7 Å². The second-order valence-electron chi connectivity index (χ2n) is 6.36. The van der Waals surface area contributed by atoms with Crippen molar-refractivity contribution in [2.24, 2.45) is 11.7 Å². The number of primary amides is 1. The maximum atomic E-state index is 12.5. The van der Waals surface area contributed by atoms with Crippen molar-refractivity contribution in [2.75, 3.05) is 19.6 Å². The van der Waals surface area contributed by atoms with Crippen LogP contribution < -0.4 is 11.1 Å². The quantitative estimate of drug-likeness (QED) is 0.863. The minimum atomic E-state index is -0.502. The summed E-state index contributed by atoms with van der Waals surface area (Å²) in [5.74, 6) is 0.373. The molecule has 0 radical (unpaired) electrons. The van der Waals surface area contributed by atoms with Crippen molar-refractivity contribution in [3.8, 4) is 0 Å². The van der Waals surface area contributed by atoms with E-state index < -0.39 is 5.91 Å². The average Bonchev–Trinajstić information content (AvgIpc) is 3.37. The number of carbonyl (C=O) groups is 2. The number of likely N-dealkylation sites (tertiary alicyclic amines) is 1. The molecule has 1 aliphatic heterocycles. The summed E-state index contributed by atoms with van der Waals surface area (Å²) in [6.07, 6.45) is 4.71. The summed E-state index contributed by atoms with van der Waals surface area (Å²) in [7, 11) is 0. The molecule has 0 aromatic heterocycles. The zero-order valence-electron chi connectivity index (χ0n) is 12.8. The number of nitrogens with zero attached hydrogens (tertiary/aromatic N) is 1.